The minimum absolute atomic E-state index is 0.0108. The van der Waals surface area contributed by atoms with Crippen molar-refractivity contribution in [3.63, 3.8) is 0 Å². The Hall–Kier alpha value is -4.54. The second kappa shape index (κ2) is 10.2. The number of hydrogen-bond donors (Lipinski definition) is 1. The quantitative estimate of drug-likeness (QED) is 0.172. The molecule has 0 amide bonds. The number of esters is 1. The fraction of sp³-hybridized carbons (Fsp3) is 0.308. The summed E-state index contributed by atoms with van der Waals surface area (Å²) in [5, 5.41) is 26.8. The Bertz CT molecular complexity index is 1440. The zero-order valence-electron chi connectivity index (χ0n) is 20.9. The maximum absolute atomic E-state index is 13.1. The second-order valence-corrected chi connectivity index (χ2v) is 9.18. The molecular formula is C26H26N4O7. The molecule has 2 aromatic carbocycles. The van der Waals surface area contributed by atoms with Gasteiger partial charge >= 0.3 is 11.7 Å². The van der Waals surface area contributed by atoms with Crippen molar-refractivity contribution in [3.8, 4) is 5.75 Å². The predicted octanol–water partition coefficient (Wildman–Crippen LogP) is 6.21. The Kier molecular flexibility index (Phi) is 7.05. The summed E-state index contributed by atoms with van der Waals surface area (Å²) in [7, 11) is 0. The molecule has 0 spiro atoms. The number of nitrogens with zero attached hydrogens (tertiary/aromatic N) is 3. The van der Waals surface area contributed by atoms with Crippen LogP contribution in [-0.2, 0) is 6.42 Å². The first-order chi connectivity index (χ1) is 17.6. The Morgan fingerprint density at radius 2 is 1.84 bits per heavy atom. The third-order valence-electron chi connectivity index (χ3n) is 6.20. The smallest absolute Gasteiger partial charge is 0.379 e. The molecule has 0 unspecified atom stereocenters. The number of nitro benzene ring substituents is 2. The number of hydrazone groups is 1. The van der Waals surface area contributed by atoms with E-state index in [1.54, 1.807) is 6.92 Å². The average Bonchev–Trinajstić information content (AvgIpc) is 3.19. The number of non-ortho nitro benzene ring substituents is 1. The first-order valence-corrected chi connectivity index (χ1v) is 11.8. The largest absolute Gasteiger partial charge is 0.453 e. The first-order valence-electron chi connectivity index (χ1n) is 11.8. The lowest BCUT2D eigenvalue weighted by Crippen LogP contribution is -2.14. The highest BCUT2D eigenvalue weighted by Crippen LogP contribution is 2.34. The van der Waals surface area contributed by atoms with Gasteiger partial charge in [-0.2, -0.15) is 5.10 Å². The Balaban J connectivity index is 1.64. The Morgan fingerprint density at radius 3 is 2.51 bits per heavy atom. The monoisotopic (exact) mass is 506 g/mol. The molecule has 1 N–H and O–H groups in total. The number of carbonyl (C=O) groups is 1. The van der Waals surface area contributed by atoms with Crippen molar-refractivity contribution < 1.29 is 23.8 Å². The minimum atomic E-state index is -0.713. The van der Waals surface area contributed by atoms with E-state index in [4.69, 9.17) is 9.15 Å². The van der Waals surface area contributed by atoms with E-state index in [2.05, 4.69) is 10.5 Å². The molecule has 192 valence electrons. The van der Waals surface area contributed by atoms with Crippen molar-refractivity contribution in [2.45, 2.75) is 52.9 Å². The van der Waals surface area contributed by atoms with Gasteiger partial charge in [-0.1, -0.05) is 26.0 Å². The molecule has 11 heteroatoms. The normalized spacial score (nSPS) is 13.9. The topological polar surface area (TPSA) is 150 Å². The zero-order valence-corrected chi connectivity index (χ0v) is 20.9. The summed E-state index contributed by atoms with van der Waals surface area (Å²) >= 11 is 0. The number of nitrogens with one attached hydrogen (secondary N) is 1. The van der Waals surface area contributed by atoms with Crippen LogP contribution >= 0.6 is 0 Å². The summed E-state index contributed by atoms with van der Waals surface area (Å²) in [6, 6.07) is 9.01. The van der Waals surface area contributed by atoms with Gasteiger partial charge in [-0.25, -0.2) is 4.79 Å². The van der Waals surface area contributed by atoms with E-state index < -0.39 is 27.2 Å². The highest BCUT2D eigenvalue weighted by molar-refractivity contribution is 6.06. The van der Waals surface area contributed by atoms with Gasteiger partial charge in [0.2, 0.25) is 5.76 Å². The van der Waals surface area contributed by atoms with E-state index >= 15 is 0 Å². The number of rotatable bonds is 7. The van der Waals surface area contributed by atoms with Crippen molar-refractivity contribution in [3.05, 3.63) is 90.4 Å². The van der Waals surface area contributed by atoms with Crippen molar-refractivity contribution >= 4 is 28.7 Å². The summed E-state index contributed by atoms with van der Waals surface area (Å²) in [6.07, 6.45) is 1.85. The van der Waals surface area contributed by atoms with Crippen LogP contribution in [0.25, 0.3) is 0 Å². The van der Waals surface area contributed by atoms with Crippen LogP contribution in [0.4, 0.5) is 17.1 Å². The van der Waals surface area contributed by atoms with Crippen molar-refractivity contribution in [2.75, 3.05) is 5.43 Å². The van der Waals surface area contributed by atoms with Crippen LogP contribution in [0.5, 0.6) is 5.75 Å². The molecule has 0 saturated heterocycles. The molecule has 3 aromatic rings. The maximum Gasteiger partial charge on any atom is 0.379 e. The molecule has 37 heavy (non-hydrogen) atoms. The number of fused-ring (bicyclic) bond motifs is 1. The molecule has 1 aliphatic rings. The standard InChI is InChI=1S/C26H26N4O7/c1-14(2)18-10-8-15(3)12-23(18)37-26(31)25-16(4)24-20(6-5-7-22(24)36-25)28-27-19-11-9-17(29(32)33)13-21(19)30(34)35/h8-14,27H,5-7H2,1-4H3/b28-20+. The van der Waals surface area contributed by atoms with Gasteiger partial charge in [0.25, 0.3) is 5.69 Å². The third-order valence-corrected chi connectivity index (χ3v) is 6.20. The Labute approximate surface area is 212 Å². The molecule has 0 bridgehead atoms. The average molecular weight is 507 g/mol. The number of nitro groups is 2. The summed E-state index contributed by atoms with van der Waals surface area (Å²) in [5.41, 5.74) is 5.47. The summed E-state index contributed by atoms with van der Waals surface area (Å²) in [4.78, 5) is 34.2. The molecule has 0 aliphatic heterocycles. The lowest BCUT2D eigenvalue weighted by Gasteiger charge is -2.14. The molecular weight excluding hydrogens is 480 g/mol. The number of benzene rings is 2. The molecule has 0 saturated carbocycles. The van der Waals surface area contributed by atoms with Crippen LogP contribution in [0.3, 0.4) is 0 Å². The van der Waals surface area contributed by atoms with Gasteiger partial charge in [-0.05, 0) is 55.9 Å². The number of furan rings is 1. The van der Waals surface area contributed by atoms with E-state index in [0.29, 0.717) is 47.6 Å². The van der Waals surface area contributed by atoms with Crippen LogP contribution in [0.15, 0.2) is 45.9 Å². The van der Waals surface area contributed by atoms with Crippen molar-refractivity contribution in [1.82, 2.24) is 0 Å². The molecule has 1 aliphatic carbocycles. The van der Waals surface area contributed by atoms with Gasteiger partial charge in [0.15, 0.2) is 0 Å². The third kappa shape index (κ3) is 5.20. The number of ether oxygens (including phenoxy) is 1. The van der Waals surface area contributed by atoms with Gasteiger partial charge in [-0.3, -0.25) is 25.7 Å². The van der Waals surface area contributed by atoms with Crippen LogP contribution in [-0.4, -0.2) is 21.5 Å². The summed E-state index contributed by atoms with van der Waals surface area (Å²) in [6.45, 7) is 7.70. The highest BCUT2D eigenvalue weighted by Gasteiger charge is 2.30. The number of aryl methyl sites for hydroxylation is 2. The van der Waals surface area contributed by atoms with E-state index in [0.717, 1.165) is 23.3 Å². The Morgan fingerprint density at radius 1 is 1.08 bits per heavy atom. The lowest BCUT2D eigenvalue weighted by molar-refractivity contribution is -0.393. The van der Waals surface area contributed by atoms with Crippen LogP contribution in [0, 0.1) is 34.1 Å². The van der Waals surface area contributed by atoms with Gasteiger partial charge in [0.1, 0.15) is 17.2 Å². The number of hydrogen-bond acceptors (Lipinski definition) is 9. The van der Waals surface area contributed by atoms with Crippen molar-refractivity contribution in [1.29, 1.82) is 0 Å². The molecule has 0 fully saturated rings. The molecule has 1 aromatic heterocycles. The highest BCUT2D eigenvalue weighted by atomic mass is 16.6. The minimum Gasteiger partial charge on any atom is -0.453 e. The zero-order chi connectivity index (χ0) is 26.9. The van der Waals surface area contributed by atoms with Gasteiger partial charge < -0.3 is 9.15 Å². The van der Waals surface area contributed by atoms with E-state index in [-0.39, 0.29) is 17.4 Å². The van der Waals surface area contributed by atoms with E-state index in [1.807, 2.05) is 39.0 Å². The van der Waals surface area contributed by atoms with Crippen molar-refractivity contribution in [2.24, 2.45) is 5.10 Å². The van der Waals surface area contributed by atoms with Gasteiger partial charge in [-0.15, -0.1) is 0 Å². The fourth-order valence-electron chi connectivity index (χ4n) is 4.33. The molecule has 0 radical (unpaired) electrons. The first kappa shape index (κ1) is 25.5. The van der Waals surface area contributed by atoms with E-state index in [9.17, 15) is 25.0 Å². The van der Waals surface area contributed by atoms with E-state index in [1.165, 1.54) is 6.07 Å². The molecule has 4 rings (SSSR count). The second-order valence-electron chi connectivity index (χ2n) is 9.18. The molecule has 0 atom stereocenters. The molecule has 1 heterocycles. The predicted molar refractivity (Wildman–Crippen MR) is 137 cm³/mol. The number of anilines is 1. The summed E-state index contributed by atoms with van der Waals surface area (Å²) in [5.74, 6) is 0.690. The molecule has 11 nitrogen and oxygen atoms in total. The SMILES string of the molecule is Cc1ccc(C(C)C)c(OC(=O)c2oc3c(c2C)/C(=N/Nc2ccc([N+](=O)[O-])cc2[N+](=O)[O-])CCC3)c1. The van der Waals surface area contributed by atoms with Crippen LogP contribution in [0.2, 0.25) is 0 Å². The van der Waals surface area contributed by atoms with Crippen LogP contribution in [0.1, 0.15) is 71.2 Å². The lowest BCUT2D eigenvalue weighted by atomic mass is 9.93. The maximum atomic E-state index is 13.1. The number of carbonyl (C=O) groups excluding carboxylic acids is 1. The fourth-order valence-corrected chi connectivity index (χ4v) is 4.33. The van der Waals surface area contributed by atoms with Gasteiger partial charge in [0, 0.05) is 23.6 Å². The van der Waals surface area contributed by atoms with Gasteiger partial charge in [0.05, 0.1) is 21.6 Å². The van der Waals surface area contributed by atoms with Crippen LogP contribution < -0.4 is 10.2 Å². The summed E-state index contributed by atoms with van der Waals surface area (Å²) < 4.78 is 11.7.